The van der Waals surface area contributed by atoms with E-state index in [9.17, 15) is 4.79 Å². The third-order valence-electron chi connectivity index (χ3n) is 5.88. The minimum Gasteiger partial charge on any atom is -1.00 e. The molecule has 6 nitrogen and oxygen atoms in total. The number of rotatable bonds is 10. The molecule has 0 heterocycles. The topological polar surface area (TPSA) is 52.3 Å². The van der Waals surface area contributed by atoms with E-state index in [0.29, 0.717) is 6.61 Å². The van der Waals surface area contributed by atoms with E-state index >= 15 is 0 Å². The van der Waals surface area contributed by atoms with Crippen LogP contribution >= 0.6 is 0 Å². The molecule has 0 spiro atoms. The number of nitrogens with zero attached hydrogens (tertiary/aromatic N) is 3. The molecule has 0 bridgehead atoms. The zero-order valence-electron chi connectivity index (χ0n) is 25.1. The van der Waals surface area contributed by atoms with Gasteiger partial charge >= 0.3 is 6.09 Å². The number of primary amides is 1. The molecule has 2 aromatic rings. The molecule has 0 radical (unpaired) electrons. The number of quaternary nitrogens is 3. The first-order valence-corrected chi connectivity index (χ1v) is 12.7. The highest BCUT2D eigenvalue weighted by molar-refractivity contribution is 5.64. The van der Waals surface area contributed by atoms with Crippen molar-refractivity contribution in [3.63, 3.8) is 0 Å². The number of hydrogen-bond donors (Lipinski definition) is 1. The Morgan fingerprint density at radius 2 is 1.03 bits per heavy atom. The number of carbonyl (C=O) groups is 1. The highest BCUT2D eigenvalue weighted by atomic mass is 35.5. The van der Waals surface area contributed by atoms with Gasteiger partial charge in [-0.2, -0.15) is 0 Å². The molecule has 2 aromatic carbocycles. The number of likely N-dealkylation sites (N-methyl/N-ethyl adjacent to an activating group) is 1. The molecule has 0 saturated carbocycles. The van der Waals surface area contributed by atoms with Crippen LogP contribution in [0.1, 0.15) is 31.9 Å². The summed E-state index contributed by atoms with van der Waals surface area (Å²) in [4.78, 5) is 10.1. The maximum Gasteiger partial charge on any atom is 0.404 e. The number of nitrogens with two attached hydrogens (primary N) is 1. The Labute approximate surface area is 252 Å². The molecular formula is C29H53Cl3N4O2. The van der Waals surface area contributed by atoms with Crippen LogP contribution < -0.4 is 43.0 Å². The van der Waals surface area contributed by atoms with Gasteiger partial charge in [-0.25, -0.2) is 4.79 Å². The Bertz CT molecular complexity index is 800. The summed E-state index contributed by atoms with van der Waals surface area (Å²) in [6, 6.07) is 21.4. The first kappa shape index (κ1) is 43.5. The fourth-order valence-electron chi connectivity index (χ4n) is 3.53. The van der Waals surface area contributed by atoms with Gasteiger partial charge in [0, 0.05) is 11.1 Å². The summed E-state index contributed by atoms with van der Waals surface area (Å²) in [6.45, 7) is 14.0. The predicted molar refractivity (Wildman–Crippen MR) is 149 cm³/mol. The second-order valence-electron chi connectivity index (χ2n) is 11.0. The van der Waals surface area contributed by atoms with Gasteiger partial charge < -0.3 is 61.1 Å². The summed E-state index contributed by atoms with van der Waals surface area (Å²) in [7, 11) is 12.7. The van der Waals surface area contributed by atoms with Crippen LogP contribution in [0.5, 0.6) is 0 Å². The molecule has 38 heavy (non-hydrogen) atoms. The van der Waals surface area contributed by atoms with E-state index in [0.717, 1.165) is 22.1 Å². The van der Waals surface area contributed by atoms with Crippen molar-refractivity contribution in [3.05, 3.63) is 71.8 Å². The lowest BCUT2D eigenvalue weighted by molar-refractivity contribution is -0.936. The lowest BCUT2D eigenvalue weighted by Crippen LogP contribution is -3.00. The van der Waals surface area contributed by atoms with E-state index in [1.54, 1.807) is 0 Å². The van der Waals surface area contributed by atoms with Gasteiger partial charge in [-0.3, -0.25) is 0 Å². The number of hydrogen-bond acceptors (Lipinski definition) is 2. The van der Waals surface area contributed by atoms with Gasteiger partial charge in [0.15, 0.2) is 0 Å². The maximum absolute atomic E-state index is 10.1. The van der Waals surface area contributed by atoms with E-state index in [2.05, 4.69) is 107 Å². The van der Waals surface area contributed by atoms with E-state index < -0.39 is 6.09 Å². The normalized spacial score (nSPS) is 10.6. The molecule has 0 aliphatic carbocycles. The molecule has 0 unspecified atom stereocenters. The van der Waals surface area contributed by atoms with Crippen molar-refractivity contribution in [2.45, 2.75) is 33.9 Å². The molecule has 2 rings (SSSR count). The van der Waals surface area contributed by atoms with E-state index in [1.165, 1.54) is 41.8 Å². The van der Waals surface area contributed by atoms with E-state index in [-0.39, 0.29) is 37.2 Å². The fraction of sp³-hybridized carbons (Fsp3) is 0.552. The quantitative estimate of drug-likeness (QED) is 0.283. The van der Waals surface area contributed by atoms with Crippen LogP contribution in [0.3, 0.4) is 0 Å². The lowest BCUT2D eigenvalue weighted by atomic mass is 10.2. The van der Waals surface area contributed by atoms with Crippen LogP contribution in [0.15, 0.2) is 60.7 Å². The number of halogens is 3. The standard InChI is InChI=1S/C13H22N.C10H16N.C6H14N2O2.3ClH/c1-4-14(5-2,6-3)12-13-10-8-7-9-11-13;1-11(2,3)9-10-7-5-4-6-8-10;1-8(2,3)4-5-10-6(7)9;;;/h7-11H,4-6,12H2,1-3H3;4-8H,9H2,1-3H3;4-5H2,1-3H3,(H-,7,9);3*1H/q2*+1;;;;/p-2. The summed E-state index contributed by atoms with van der Waals surface area (Å²) < 4.78 is 7.50. The Balaban J connectivity index is -0.000000223. The Hall–Kier alpha value is -1.54. The van der Waals surface area contributed by atoms with E-state index in [4.69, 9.17) is 5.73 Å². The van der Waals surface area contributed by atoms with Crippen molar-refractivity contribution < 1.29 is 60.2 Å². The summed E-state index contributed by atoms with van der Waals surface area (Å²) >= 11 is 0. The molecule has 222 valence electrons. The molecule has 0 atom stereocenters. The van der Waals surface area contributed by atoms with Gasteiger partial charge in [-0.05, 0) is 20.8 Å². The van der Waals surface area contributed by atoms with Gasteiger partial charge in [0.25, 0.3) is 0 Å². The summed E-state index contributed by atoms with van der Waals surface area (Å²) in [5.74, 6) is 0. The van der Waals surface area contributed by atoms with Crippen molar-refractivity contribution >= 4 is 6.09 Å². The summed E-state index contributed by atoms with van der Waals surface area (Å²) in [5, 5.41) is 0. The van der Waals surface area contributed by atoms with Crippen molar-refractivity contribution in [3.8, 4) is 0 Å². The molecular weight excluding hydrogens is 543 g/mol. The average Bonchev–Trinajstić information content (AvgIpc) is 2.78. The molecule has 2 N–H and O–H groups in total. The van der Waals surface area contributed by atoms with Gasteiger partial charge in [0.05, 0.1) is 61.9 Å². The van der Waals surface area contributed by atoms with E-state index in [1.807, 2.05) is 21.1 Å². The highest BCUT2D eigenvalue weighted by Gasteiger charge is 2.20. The minimum absolute atomic E-state index is 0. The van der Waals surface area contributed by atoms with Crippen LogP contribution in [0, 0.1) is 0 Å². The summed E-state index contributed by atoms with van der Waals surface area (Å²) in [6.07, 6.45) is -0.701. The second kappa shape index (κ2) is 22.3. The Morgan fingerprint density at radius 1 is 0.658 bits per heavy atom. The first-order valence-electron chi connectivity index (χ1n) is 12.7. The van der Waals surface area contributed by atoms with Crippen LogP contribution in [-0.2, 0) is 17.8 Å². The number of carbonyl (C=O) groups excluding carboxylic acids is 1. The van der Waals surface area contributed by atoms with Crippen molar-refractivity contribution in [1.29, 1.82) is 0 Å². The van der Waals surface area contributed by atoms with Gasteiger partial charge in [-0.15, -0.1) is 0 Å². The molecule has 0 aliphatic heterocycles. The smallest absolute Gasteiger partial charge is 0.404 e. The third-order valence-corrected chi connectivity index (χ3v) is 5.88. The SMILES string of the molecule is CC[N+](CC)(CC)Cc1ccccc1.C[N+](C)(C)CCOC(N)=O.C[N+](C)(C)Cc1ccccc1.[Cl-].[Cl-].[Cl-]. The largest absolute Gasteiger partial charge is 1.00 e. The summed E-state index contributed by atoms with van der Waals surface area (Å²) in [5.41, 5.74) is 7.61. The third kappa shape index (κ3) is 23.6. The van der Waals surface area contributed by atoms with Gasteiger partial charge in [0.2, 0.25) is 0 Å². The predicted octanol–water partition coefficient (Wildman–Crippen LogP) is -4.24. The molecule has 0 aromatic heterocycles. The highest BCUT2D eigenvalue weighted by Crippen LogP contribution is 2.13. The average molecular weight is 596 g/mol. The number of ether oxygens (including phenoxy) is 1. The minimum atomic E-state index is -0.701. The number of amides is 1. The fourth-order valence-corrected chi connectivity index (χ4v) is 3.53. The monoisotopic (exact) mass is 594 g/mol. The van der Waals surface area contributed by atoms with Crippen LogP contribution in [0.4, 0.5) is 4.79 Å². The lowest BCUT2D eigenvalue weighted by Gasteiger charge is -2.35. The molecule has 9 heteroatoms. The van der Waals surface area contributed by atoms with Crippen LogP contribution in [0.2, 0.25) is 0 Å². The van der Waals surface area contributed by atoms with Gasteiger partial charge in [-0.1, -0.05) is 60.7 Å². The zero-order chi connectivity index (χ0) is 27.0. The molecule has 0 fully saturated rings. The van der Waals surface area contributed by atoms with Crippen LogP contribution in [0.25, 0.3) is 0 Å². The van der Waals surface area contributed by atoms with Crippen molar-refractivity contribution in [2.24, 2.45) is 5.73 Å². The Kier molecular flexibility index (Phi) is 25.5. The number of benzene rings is 2. The Morgan fingerprint density at radius 3 is 1.32 bits per heavy atom. The first-order chi connectivity index (χ1) is 16.3. The van der Waals surface area contributed by atoms with Crippen molar-refractivity contribution in [1.82, 2.24) is 0 Å². The van der Waals surface area contributed by atoms with Crippen molar-refractivity contribution in [2.75, 3.05) is 75.1 Å². The van der Waals surface area contributed by atoms with Gasteiger partial charge in [0.1, 0.15) is 26.2 Å². The molecule has 0 saturated heterocycles. The molecule has 0 aliphatic rings. The van der Waals surface area contributed by atoms with Crippen LogP contribution in [-0.4, -0.2) is 94.6 Å². The second-order valence-corrected chi connectivity index (χ2v) is 11.0. The molecule has 1 amide bonds. The zero-order valence-corrected chi connectivity index (χ0v) is 27.4. The maximum atomic E-state index is 10.1.